The molecule has 20 heavy (non-hydrogen) atoms. The Bertz CT molecular complexity index is 591. The second-order valence-corrected chi connectivity index (χ2v) is 4.97. The lowest BCUT2D eigenvalue weighted by molar-refractivity contribution is 0.0653. The number of hydrogen-bond acceptors (Lipinski definition) is 4. The second-order valence-electron chi connectivity index (χ2n) is 4.97. The summed E-state index contributed by atoms with van der Waals surface area (Å²) >= 11 is 0. The van der Waals surface area contributed by atoms with E-state index in [1.165, 1.54) is 6.26 Å². The standard InChI is InChI=1S/C14H17N3O3/c1-9-3-6-20-12(9)14(18)17-8-10(19-2)7-11(17)13-15-4-5-16-13/h3-6,10-11H,7-8H2,1-2H3,(H,15,16)/t10-,11?/m1/s1. The summed E-state index contributed by atoms with van der Waals surface area (Å²) in [5, 5.41) is 0. The molecule has 0 spiro atoms. The third kappa shape index (κ3) is 2.12. The van der Waals surface area contributed by atoms with Crippen molar-refractivity contribution in [2.45, 2.75) is 25.5 Å². The van der Waals surface area contributed by atoms with E-state index in [0.29, 0.717) is 12.3 Å². The Balaban J connectivity index is 1.90. The molecule has 0 aromatic carbocycles. The fourth-order valence-electron chi connectivity index (χ4n) is 2.63. The van der Waals surface area contributed by atoms with E-state index < -0.39 is 0 Å². The van der Waals surface area contributed by atoms with Gasteiger partial charge in [-0.2, -0.15) is 0 Å². The molecule has 2 aromatic rings. The third-order valence-electron chi connectivity index (χ3n) is 3.75. The van der Waals surface area contributed by atoms with Gasteiger partial charge in [0.05, 0.1) is 18.4 Å². The summed E-state index contributed by atoms with van der Waals surface area (Å²) in [4.78, 5) is 21.7. The average molecular weight is 275 g/mol. The van der Waals surface area contributed by atoms with Crippen LogP contribution in [-0.4, -0.2) is 40.5 Å². The van der Waals surface area contributed by atoms with Crippen molar-refractivity contribution >= 4 is 5.91 Å². The first-order valence-corrected chi connectivity index (χ1v) is 6.58. The Morgan fingerprint density at radius 2 is 2.45 bits per heavy atom. The van der Waals surface area contributed by atoms with Gasteiger partial charge in [0.1, 0.15) is 5.82 Å². The van der Waals surface area contributed by atoms with Crippen LogP contribution in [0.15, 0.2) is 29.1 Å². The summed E-state index contributed by atoms with van der Waals surface area (Å²) < 4.78 is 10.7. The van der Waals surface area contributed by atoms with Crippen molar-refractivity contribution in [3.05, 3.63) is 41.9 Å². The number of amides is 1. The van der Waals surface area contributed by atoms with Gasteiger partial charge in [-0.1, -0.05) is 0 Å². The number of furan rings is 1. The van der Waals surface area contributed by atoms with Crippen LogP contribution < -0.4 is 0 Å². The molecule has 0 aliphatic carbocycles. The van der Waals surface area contributed by atoms with E-state index in [-0.39, 0.29) is 18.1 Å². The third-order valence-corrected chi connectivity index (χ3v) is 3.75. The molecule has 1 N–H and O–H groups in total. The number of imidazole rings is 1. The predicted octanol–water partition coefficient (Wildman–Crippen LogP) is 1.91. The zero-order chi connectivity index (χ0) is 14.1. The van der Waals surface area contributed by atoms with Crippen LogP contribution in [0.1, 0.15) is 34.4 Å². The molecule has 0 radical (unpaired) electrons. The van der Waals surface area contributed by atoms with Crippen LogP contribution in [0.5, 0.6) is 0 Å². The molecule has 6 heteroatoms. The van der Waals surface area contributed by atoms with Gasteiger partial charge in [0.2, 0.25) is 0 Å². The highest BCUT2D eigenvalue weighted by atomic mass is 16.5. The van der Waals surface area contributed by atoms with Gasteiger partial charge in [-0.3, -0.25) is 4.79 Å². The Morgan fingerprint density at radius 1 is 1.60 bits per heavy atom. The van der Waals surface area contributed by atoms with Crippen molar-refractivity contribution in [2.24, 2.45) is 0 Å². The lowest BCUT2D eigenvalue weighted by Crippen LogP contribution is -2.32. The van der Waals surface area contributed by atoms with E-state index in [1.807, 2.05) is 6.92 Å². The van der Waals surface area contributed by atoms with E-state index in [2.05, 4.69) is 9.97 Å². The zero-order valence-electron chi connectivity index (χ0n) is 11.5. The fourth-order valence-corrected chi connectivity index (χ4v) is 2.63. The molecule has 106 valence electrons. The molecule has 1 amide bonds. The molecule has 3 rings (SSSR count). The van der Waals surface area contributed by atoms with Gasteiger partial charge < -0.3 is 19.0 Å². The summed E-state index contributed by atoms with van der Waals surface area (Å²) in [6.07, 6.45) is 5.74. The topological polar surface area (TPSA) is 71.4 Å². The van der Waals surface area contributed by atoms with Crippen molar-refractivity contribution in [1.82, 2.24) is 14.9 Å². The van der Waals surface area contributed by atoms with Crippen LogP contribution in [0.4, 0.5) is 0 Å². The van der Waals surface area contributed by atoms with Gasteiger partial charge in [-0.15, -0.1) is 0 Å². The summed E-state index contributed by atoms with van der Waals surface area (Å²) in [6.45, 7) is 2.41. The van der Waals surface area contributed by atoms with Gasteiger partial charge in [0.15, 0.2) is 5.76 Å². The highest BCUT2D eigenvalue weighted by molar-refractivity contribution is 5.93. The highest BCUT2D eigenvalue weighted by Gasteiger charge is 2.39. The minimum Gasteiger partial charge on any atom is -0.459 e. The van der Waals surface area contributed by atoms with E-state index in [0.717, 1.165) is 17.8 Å². The minimum absolute atomic E-state index is 0.0179. The molecule has 2 aromatic heterocycles. The molecular weight excluding hydrogens is 258 g/mol. The van der Waals surface area contributed by atoms with Gasteiger partial charge in [-0.25, -0.2) is 4.98 Å². The van der Waals surface area contributed by atoms with Crippen molar-refractivity contribution in [3.63, 3.8) is 0 Å². The number of likely N-dealkylation sites (tertiary alicyclic amines) is 1. The predicted molar refractivity (Wildman–Crippen MR) is 71.2 cm³/mol. The van der Waals surface area contributed by atoms with Crippen LogP contribution in [0.25, 0.3) is 0 Å². The Hall–Kier alpha value is -2.08. The number of aromatic amines is 1. The number of aromatic nitrogens is 2. The first-order valence-electron chi connectivity index (χ1n) is 6.58. The van der Waals surface area contributed by atoms with E-state index in [1.54, 1.807) is 30.5 Å². The largest absolute Gasteiger partial charge is 0.459 e. The van der Waals surface area contributed by atoms with Gasteiger partial charge >= 0.3 is 0 Å². The molecule has 6 nitrogen and oxygen atoms in total. The number of carbonyl (C=O) groups excluding carboxylic acids is 1. The second kappa shape index (κ2) is 5.13. The van der Waals surface area contributed by atoms with Crippen molar-refractivity contribution in [1.29, 1.82) is 0 Å². The molecule has 3 heterocycles. The van der Waals surface area contributed by atoms with Gasteiger partial charge in [-0.05, 0) is 13.0 Å². The first-order chi connectivity index (χ1) is 9.70. The maximum Gasteiger partial charge on any atom is 0.290 e. The SMILES string of the molecule is CO[C@@H]1CC(c2ncc[nH]2)N(C(=O)c2occc2C)C1. The number of hydrogen-bond donors (Lipinski definition) is 1. The maximum atomic E-state index is 12.6. The fraction of sp³-hybridized carbons (Fsp3) is 0.429. The number of methoxy groups -OCH3 is 1. The maximum absolute atomic E-state index is 12.6. The van der Waals surface area contributed by atoms with Crippen LogP contribution in [-0.2, 0) is 4.74 Å². The van der Waals surface area contributed by atoms with Crippen LogP contribution in [0.2, 0.25) is 0 Å². The number of carbonyl (C=O) groups is 1. The van der Waals surface area contributed by atoms with E-state index >= 15 is 0 Å². The lowest BCUT2D eigenvalue weighted by Gasteiger charge is -2.22. The molecule has 0 bridgehead atoms. The molecule has 1 aliphatic rings. The molecular formula is C14H17N3O3. The molecule has 1 saturated heterocycles. The molecule has 2 atom stereocenters. The highest BCUT2D eigenvalue weighted by Crippen LogP contribution is 2.33. The first kappa shape index (κ1) is 12.9. The minimum atomic E-state index is -0.117. The molecule has 1 fully saturated rings. The van der Waals surface area contributed by atoms with Crippen LogP contribution >= 0.6 is 0 Å². The molecule has 1 unspecified atom stereocenters. The summed E-state index contributed by atoms with van der Waals surface area (Å²) in [5.74, 6) is 1.05. The van der Waals surface area contributed by atoms with E-state index in [4.69, 9.17) is 9.15 Å². The monoisotopic (exact) mass is 275 g/mol. The Kier molecular flexibility index (Phi) is 3.31. The summed E-state index contributed by atoms with van der Waals surface area (Å²) in [5.41, 5.74) is 0.842. The van der Waals surface area contributed by atoms with Crippen molar-refractivity contribution in [2.75, 3.05) is 13.7 Å². The van der Waals surface area contributed by atoms with Crippen molar-refractivity contribution in [3.8, 4) is 0 Å². The Morgan fingerprint density at radius 3 is 3.05 bits per heavy atom. The van der Waals surface area contributed by atoms with E-state index in [9.17, 15) is 4.79 Å². The van der Waals surface area contributed by atoms with Crippen LogP contribution in [0, 0.1) is 6.92 Å². The number of aryl methyl sites for hydroxylation is 1. The smallest absolute Gasteiger partial charge is 0.290 e. The molecule has 0 saturated carbocycles. The number of H-pyrrole nitrogens is 1. The van der Waals surface area contributed by atoms with Crippen molar-refractivity contribution < 1.29 is 13.9 Å². The number of nitrogens with zero attached hydrogens (tertiary/aromatic N) is 2. The number of ether oxygens (including phenoxy) is 1. The molecule has 1 aliphatic heterocycles. The number of nitrogens with one attached hydrogen (secondary N) is 1. The lowest BCUT2D eigenvalue weighted by atomic mass is 10.2. The zero-order valence-corrected chi connectivity index (χ0v) is 11.5. The van der Waals surface area contributed by atoms with Gasteiger partial charge in [0.25, 0.3) is 5.91 Å². The summed E-state index contributed by atoms with van der Waals surface area (Å²) in [7, 11) is 1.66. The van der Waals surface area contributed by atoms with Crippen LogP contribution in [0.3, 0.4) is 0 Å². The quantitative estimate of drug-likeness (QED) is 0.928. The summed E-state index contributed by atoms with van der Waals surface area (Å²) in [6, 6.07) is 1.69. The average Bonchev–Trinajstić information content (AvgIpc) is 3.17. The Labute approximate surface area is 116 Å². The number of rotatable bonds is 3. The van der Waals surface area contributed by atoms with Gasteiger partial charge in [0, 0.05) is 38.0 Å². The normalized spacial score (nSPS) is 22.4.